The summed E-state index contributed by atoms with van der Waals surface area (Å²) in [6, 6.07) is 3.20. The van der Waals surface area contributed by atoms with Gasteiger partial charge in [-0.15, -0.1) is 0 Å². The summed E-state index contributed by atoms with van der Waals surface area (Å²) in [6.07, 6.45) is 7.28. The summed E-state index contributed by atoms with van der Waals surface area (Å²) >= 11 is 0. The average molecular weight is 407 g/mol. The fourth-order valence-electron chi connectivity index (χ4n) is 4.03. The lowest BCUT2D eigenvalue weighted by atomic mass is 9.76. The van der Waals surface area contributed by atoms with Crippen LogP contribution in [0.15, 0.2) is 12.1 Å². The van der Waals surface area contributed by atoms with Crippen molar-refractivity contribution in [3.63, 3.8) is 0 Å². The van der Waals surface area contributed by atoms with Crippen molar-refractivity contribution in [1.29, 1.82) is 0 Å². The number of nitrogens with one attached hydrogen (secondary N) is 2. The molecule has 1 amide bonds. The van der Waals surface area contributed by atoms with Crippen LogP contribution < -0.4 is 15.5 Å². The molecule has 0 bridgehead atoms. The van der Waals surface area contributed by atoms with E-state index in [1.807, 2.05) is 18.7 Å². The molecule has 6 heteroatoms. The van der Waals surface area contributed by atoms with Crippen LogP contribution in [0.5, 0.6) is 0 Å². The highest BCUT2D eigenvalue weighted by molar-refractivity contribution is 5.92. The van der Waals surface area contributed by atoms with E-state index in [1.165, 1.54) is 32.1 Å². The monoisotopic (exact) mass is 406 g/mol. The molecular weight excluding hydrogens is 367 g/mol. The number of carbonyl (C=O) groups excluding carboxylic acids is 1. The Balaban J connectivity index is 0.000000253. The number of aromatic nitrogens is 1. The van der Waals surface area contributed by atoms with E-state index < -0.39 is 5.95 Å². The van der Waals surface area contributed by atoms with Crippen LogP contribution in [-0.2, 0) is 0 Å². The summed E-state index contributed by atoms with van der Waals surface area (Å²) in [7, 11) is 0. The summed E-state index contributed by atoms with van der Waals surface area (Å²) < 4.78 is 14.0. The fraction of sp³-hybridized carbons (Fsp3) is 0.739. The van der Waals surface area contributed by atoms with Crippen molar-refractivity contribution in [1.82, 2.24) is 15.6 Å². The molecular formula is C23H39FN4O. The number of carbonyl (C=O) groups is 1. The second kappa shape index (κ2) is 10.9. The first kappa shape index (κ1) is 23.6. The van der Waals surface area contributed by atoms with Crippen LogP contribution in [-0.4, -0.2) is 43.1 Å². The molecule has 5 nitrogen and oxygen atoms in total. The summed E-state index contributed by atoms with van der Waals surface area (Å²) in [5, 5.41) is 5.90. The van der Waals surface area contributed by atoms with Crippen molar-refractivity contribution in [2.75, 3.05) is 31.1 Å². The van der Waals surface area contributed by atoms with Gasteiger partial charge < -0.3 is 15.5 Å². The third-order valence-corrected chi connectivity index (χ3v) is 6.31. The Kier molecular flexibility index (Phi) is 8.87. The normalized spacial score (nSPS) is 17.8. The minimum Gasteiger partial charge on any atom is -0.365 e. The lowest BCUT2D eigenvalue weighted by Gasteiger charge is -2.30. The van der Waals surface area contributed by atoms with Crippen molar-refractivity contribution >= 4 is 11.6 Å². The standard InChI is InChI=1S/C13H19FN4O.C10H20/c1-9(2)16-13(19)10-3-4-11(12(14)17-10)18-7-5-15-6-8-18;1-4-10(2,3)9-7-5-6-8-9/h3-4,9,15H,5-8H2,1-2H3,(H,16,19);9H,4-8H2,1-3H3. The molecule has 0 unspecified atom stereocenters. The van der Waals surface area contributed by atoms with Gasteiger partial charge in [-0.2, -0.15) is 4.39 Å². The molecule has 164 valence electrons. The number of rotatable bonds is 5. The van der Waals surface area contributed by atoms with Gasteiger partial charge >= 0.3 is 0 Å². The zero-order valence-electron chi connectivity index (χ0n) is 18.9. The molecule has 2 aliphatic rings. The maximum atomic E-state index is 14.0. The van der Waals surface area contributed by atoms with Gasteiger partial charge in [0.05, 0.1) is 5.69 Å². The highest BCUT2D eigenvalue weighted by atomic mass is 19.1. The SMILES string of the molecule is CC(C)NC(=O)c1ccc(N2CCNCC2)c(F)n1.CCC(C)(C)C1CCCC1. The first-order valence-electron chi connectivity index (χ1n) is 11.2. The van der Waals surface area contributed by atoms with E-state index >= 15 is 0 Å². The van der Waals surface area contributed by atoms with Crippen molar-refractivity contribution < 1.29 is 9.18 Å². The molecule has 3 rings (SSSR count). The molecule has 1 saturated carbocycles. The third-order valence-electron chi connectivity index (χ3n) is 6.31. The van der Waals surface area contributed by atoms with Gasteiger partial charge in [-0.25, -0.2) is 4.98 Å². The first-order chi connectivity index (χ1) is 13.7. The van der Waals surface area contributed by atoms with Gasteiger partial charge in [0.2, 0.25) is 5.95 Å². The van der Waals surface area contributed by atoms with Crippen LogP contribution >= 0.6 is 0 Å². The number of halogens is 1. The predicted molar refractivity (Wildman–Crippen MR) is 118 cm³/mol. The zero-order chi connectivity index (χ0) is 21.4. The van der Waals surface area contributed by atoms with Crippen LogP contribution in [0.4, 0.5) is 10.1 Å². The van der Waals surface area contributed by atoms with E-state index in [0.29, 0.717) is 11.1 Å². The molecule has 1 aromatic rings. The summed E-state index contributed by atoms with van der Waals surface area (Å²) in [6.45, 7) is 14.0. The quantitative estimate of drug-likeness (QED) is 0.713. The molecule has 0 radical (unpaired) electrons. The van der Waals surface area contributed by atoms with Gasteiger partial charge in [0.1, 0.15) is 5.69 Å². The molecule has 0 atom stereocenters. The maximum Gasteiger partial charge on any atom is 0.270 e. The van der Waals surface area contributed by atoms with Crippen molar-refractivity contribution in [3.05, 3.63) is 23.8 Å². The molecule has 2 fully saturated rings. The number of anilines is 1. The topological polar surface area (TPSA) is 57.3 Å². The van der Waals surface area contributed by atoms with E-state index in [4.69, 9.17) is 0 Å². The molecule has 1 aromatic heterocycles. The number of pyridine rings is 1. The van der Waals surface area contributed by atoms with Crippen molar-refractivity contribution in [2.24, 2.45) is 11.3 Å². The van der Waals surface area contributed by atoms with Gasteiger partial charge in [0.25, 0.3) is 5.91 Å². The van der Waals surface area contributed by atoms with E-state index in [9.17, 15) is 9.18 Å². The minimum absolute atomic E-state index is 0.00482. The third kappa shape index (κ3) is 6.95. The van der Waals surface area contributed by atoms with Crippen LogP contribution in [0.25, 0.3) is 0 Å². The van der Waals surface area contributed by atoms with Crippen molar-refractivity contribution in [3.8, 4) is 0 Å². The maximum absolute atomic E-state index is 14.0. The largest absolute Gasteiger partial charge is 0.365 e. The van der Waals surface area contributed by atoms with Gasteiger partial charge in [-0.1, -0.05) is 40.0 Å². The Hall–Kier alpha value is -1.69. The van der Waals surface area contributed by atoms with Crippen LogP contribution in [0.1, 0.15) is 77.2 Å². The summed E-state index contributed by atoms with van der Waals surface area (Å²) in [4.78, 5) is 17.4. The van der Waals surface area contributed by atoms with Crippen LogP contribution in [0.2, 0.25) is 0 Å². The number of amides is 1. The molecule has 0 spiro atoms. The molecule has 1 aliphatic heterocycles. The number of nitrogens with zero attached hydrogens (tertiary/aromatic N) is 2. The summed E-state index contributed by atoms with van der Waals surface area (Å²) in [5.74, 6) is 0.0940. The van der Waals surface area contributed by atoms with E-state index in [0.717, 1.165) is 32.1 Å². The number of piperazine rings is 1. The molecule has 2 heterocycles. The molecule has 2 N–H and O–H groups in total. The fourth-order valence-corrected chi connectivity index (χ4v) is 4.03. The Morgan fingerprint density at radius 2 is 1.90 bits per heavy atom. The van der Waals surface area contributed by atoms with E-state index in [2.05, 4.69) is 36.4 Å². The molecule has 29 heavy (non-hydrogen) atoms. The molecule has 1 aliphatic carbocycles. The van der Waals surface area contributed by atoms with Gasteiger partial charge in [-0.3, -0.25) is 4.79 Å². The number of hydrogen-bond donors (Lipinski definition) is 2. The van der Waals surface area contributed by atoms with Crippen molar-refractivity contribution in [2.45, 2.75) is 72.8 Å². The smallest absolute Gasteiger partial charge is 0.270 e. The molecule has 0 aromatic carbocycles. The van der Waals surface area contributed by atoms with Crippen LogP contribution in [0, 0.1) is 17.3 Å². The lowest BCUT2D eigenvalue weighted by molar-refractivity contribution is 0.0937. The predicted octanol–water partition coefficient (Wildman–Crippen LogP) is 4.38. The Bertz CT molecular complexity index is 650. The van der Waals surface area contributed by atoms with E-state index in [1.54, 1.807) is 12.1 Å². The summed E-state index contributed by atoms with van der Waals surface area (Å²) in [5.41, 5.74) is 1.20. The lowest BCUT2D eigenvalue weighted by Crippen LogP contribution is -2.44. The highest BCUT2D eigenvalue weighted by Gasteiger charge is 2.29. The average Bonchev–Trinajstić information content (AvgIpc) is 3.24. The first-order valence-corrected chi connectivity index (χ1v) is 11.2. The second-order valence-corrected chi connectivity index (χ2v) is 9.20. The van der Waals surface area contributed by atoms with E-state index in [-0.39, 0.29) is 17.6 Å². The van der Waals surface area contributed by atoms with Gasteiger partial charge in [0, 0.05) is 32.2 Å². The zero-order valence-corrected chi connectivity index (χ0v) is 18.9. The number of hydrogen-bond acceptors (Lipinski definition) is 4. The van der Waals surface area contributed by atoms with Gasteiger partial charge in [0.15, 0.2) is 0 Å². The molecule has 1 saturated heterocycles. The Morgan fingerprint density at radius 1 is 1.28 bits per heavy atom. The Labute approximate surface area is 175 Å². The minimum atomic E-state index is -0.585. The Morgan fingerprint density at radius 3 is 2.41 bits per heavy atom. The second-order valence-electron chi connectivity index (χ2n) is 9.20. The van der Waals surface area contributed by atoms with Gasteiger partial charge in [-0.05, 0) is 50.2 Å². The van der Waals surface area contributed by atoms with Crippen LogP contribution in [0.3, 0.4) is 0 Å². The highest BCUT2D eigenvalue weighted by Crippen LogP contribution is 2.41.